The Hall–Kier alpha value is -4.06. The van der Waals surface area contributed by atoms with Crippen LogP contribution in [0.2, 0.25) is 0 Å². The van der Waals surface area contributed by atoms with Gasteiger partial charge < -0.3 is 15.6 Å². The summed E-state index contributed by atoms with van der Waals surface area (Å²) in [5.74, 6) is 0.403. The van der Waals surface area contributed by atoms with Gasteiger partial charge in [0, 0.05) is 47.6 Å². The summed E-state index contributed by atoms with van der Waals surface area (Å²) in [6, 6.07) is 23.2. The Kier molecular flexibility index (Phi) is 4.67. The van der Waals surface area contributed by atoms with E-state index >= 15 is 0 Å². The predicted octanol–water partition coefficient (Wildman–Crippen LogP) is 4.81. The first-order chi connectivity index (χ1) is 15.1. The van der Waals surface area contributed by atoms with Crippen LogP contribution in [0.5, 0.6) is 0 Å². The molecule has 0 unspecified atom stereocenters. The van der Waals surface area contributed by atoms with Crippen LogP contribution in [0, 0.1) is 0 Å². The average molecular weight is 409 g/mol. The number of urea groups is 1. The Bertz CT molecular complexity index is 1310. The summed E-state index contributed by atoms with van der Waals surface area (Å²) in [6.45, 7) is 0.661. The topological polar surface area (TPSA) is 75.7 Å². The number of carbonyl (C=O) groups excluding carboxylic acids is 1. The third kappa shape index (κ3) is 3.64. The molecule has 1 aliphatic heterocycles. The molecule has 3 N–H and O–H groups in total. The first-order valence-corrected chi connectivity index (χ1v) is 10.2. The zero-order valence-corrected chi connectivity index (χ0v) is 17.2. The van der Waals surface area contributed by atoms with Crippen molar-refractivity contribution in [2.75, 3.05) is 16.8 Å². The van der Waals surface area contributed by atoms with Gasteiger partial charge in [-0.3, -0.25) is 4.90 Å². The van der Waals surface area contributed by atoms with Crippen LogP contribution < -0.4 is 16.0 Å². The summed E-state index contributed by atoms with van der Waals surface area (Å²) in [6.07, 6.45) is 2.89. The second kappa shape index (κ2) is 7.65. The van der Waals surface area contributed by atoms with Crippen molar-refractivity contribution in [2.45, 2.75) is 6.42 Å². The molecule has 0 fully saturated rings. The molecule has 3 aromatic carbocycles. The molecule has 31 heavy (non-hydrogen) atoms. The van der Waals surface area contributed by atoms with Crippen LogP contribution in [0.15, 0.2) is 84.0 Å². The highest BCUT2D eigenvalue weighted by atomic mass is 16.2. The molecule has 0 saturated heterocycles. The number of rotatable bonds is 3. The lowest BCUT2D eigenvalue weighted by molar-refractivity contribution is 0.257. The number of amidine groups is 1. The molecule has 0 radical (unpaired) electrons. The highest BCUT2D eigenvalue weighted by Crippen LogP contribution is 2.33. The molecule has 1 aliphatic rings. The SMILES string of the molecule is Cn1ccc2cc3c(cc21)CCN3C(=O)Nc1cccc(C(N)=Nc2ccccc2)c1. The van der Waals surface area contributed by atoms with Crippen LogP contribution in [0.25, 0.3) is 10.9 Å². The van der Waals surface area contributed by atoms with Gasteiger partial charge in [-0.25, -0.2) is 9.79 Å². The lowest BCUT2D eigenvalue weighted by atomic mass is 10.1. The Morgan fingerprint density at radius 3 is 2.71 bits per heavy atom. The Morgan fingerprint density at radius 1 is 1.03 bits per heavy atom. The van der Waals surface area contributed by atoms with E-state index in [4.69, 9.17) is 5.73 Å². The van der Waals surface area contributed by atoms with Gasteiger partial charge in [-0.15, -0.1) is 0 Å². The van der Waals surface area contributed by atoms with Crippen molar-refractivity contribution in [3.63, 3.8) is 0 Å². The zero-order valence-electron chi connectivity index (χ0n) is 17.2. The molecule has 5 rings (SSSR count). The van der Waals surface area contributed by atoms with Gasteiger partial charge in [0.2, 0.25) is 0 Å². The van der Waals surface area contributed by atoms with Gasteiger partial charge in [-0.05, 0) is 54.4 Å². The van der Waals surface area contributed by atoms with Crippen LogP contribution in [-0.2, 0) is 13.5 Å². The molecular formula is C25H23N5O. The second-order valence-electron chi connectivity index (χ2n) is 7.71. The number of benzene rings is 3. The second-order valence-corrected chi connectivity index (χ2v) is 7.71. The first-order valence-electron chi connectivity index (χ1n) is 10.2. The van der Waals surface area contributed by atoms with Crippen molar-refractivity contribution in [3.8, 4) is 0 Å². The molecule has 0 atom stereocenters. The largest absolute Gasteiger partial charge is 0.383 e. The van der Waals surface area contributed by atoms with E-state index in [-0.39, 0.29) is 6.03 Å². The van der Waals surface area contributed by atoms with Crippen molar-refractivity contribution in [1.82, 2.24) is 4.57 Å². The zero-order chi connectivity index (χ0) is 21.4. The quantitative estimate of drug-likeness (QED) is 0.376. The molecule has 1 aromatic heterocycles. The minimum absolute atomic E-state index is 0.148. The number of anilines is 2. The molecule has 154 valence electrons. The minimum Gasteiger partial charge on any atom is -0.383 e. The lowest BCUT2D eigenvalue weighted by Crippen LogP contribution is -2.33. The Morgan fingerprint density at radius 2 is 1.87 bits per heavy atom. The third-order valence-corrected chi connectivity index (χ3v) is 5.64. The molecule has 6 heteroatoms. The maximum absolute atomic E-state index is 13.0. The maximum atomic E-state index is 13.0. The van der Waals surface area contributed by atoms with Crippen molar-refractivity contribution in [2.24, 2.45) is 17.8 Å². The molecule has 2 amide bonds. The number of nitrogens with zero attached hydrogens (tertiary/aromatic N) is 3. The van der Waals surface area contributed by atoms with E-state index in [9.17, 15) is 4.79 Å². The van der Waals surface area contributed by atoms with Gasteiger partial charge in [-0.2, -0.15) is 0 Å². The monoisotopic (exact) mass is 409 g/mol. The van der Waals surface area contributed by atoms with Crippen LogP contribution in [-0.4, -0.2) is 23.0 Å². The fourth-order valence-electron chi connectivity index (χ4n) is 4.02. The van der Waals surface area contributed by atoms with Crippen molar-refractivity contribution in [1.29, 1.82) is 0 Å². The van der Waals surface area contributed by atoms with E-state index in [1.165, 1.54) is 11.1 Å². The van der Waals surface area contributed by atoms with E-state index in [0.29, 0.717) is 18.1 Å². The van der Waals surface area contributed by atoms with E-state index in [1.807, 2.05) is 67.8 Å². The first kappa shape index (κ1) is 18.9. The number of fused-ring (bicyclic) bond motifs is 2. The molecule has 4 aromatic rings. The summed E-state index contributed by atoms with van der Waals surface area (Å²) < 4.78 is 2.10. The van der Waals surface area contributed by atoms with Gasteiger partial charge >= 0.3 is 6.03 Å². The molecule has 0 aliphatic carbocycles. The Balaban J connectivity index is 1.37. The summed E-state index contributed by atoms with van der Waals surface area (Å²) in [4.78, 5) is 19.3. The maximum Gasteiger partial charge on any atom is 0.326 e. The third-order valence-electron chi connectivity index (χ3n) is 5.64. The number of aromatic nitrogens is 1. The predicted molar refractivity (Wildman–Crippen MR) is 126 cm³/mol. The number of aryl methyl sites for hydroxylation is 1. The average Bonchev–Trinajstić information content (AvgIpc) is 3.36. The molecular weight excluding hydrogens is 386 g/mol. The van der Waals surface area contributed by atoms with Crippen molar-refractivity contribution >= 4 is 39.8 Å². The van der Waals surface area contributed by atoms with Gasteiger partial charge in [0.1, 0.15) is 5.84 Å². The number of nitrogens with two attached hydrogens (primary N) is 1. The fraction of sp³-hybridized carbons (Fsp3) is 0.120. The number of amides is 2. The number of hydrogen-bond donors (Lipinski definition) is 2. The molecule has 6 nitrogen and oxygen atoms in total. The fourth-order valence-corrected chi connectivity index (χ4v) is 4.02. The van der Waals surface area contributed by atoms with Gasteiger partial charge in [-0.1, -0.05) is 30.3 Å². The standard InChI is InChI=1S/C25H23N5O/c1-29-12-10-17-16-23-18(15-22(17)29)11-13-30(23)25(31)28-21-9-5-6-19(14-21)24(26)27-20-7-3-2-4-8-20/h2-10,12,14-16H,11,13H2,1H3,(H2,26,27)(H,28,31). The minimum atomic E-state index is -0.148. The number of para-hydroxylation sites is 1. The summed E-state index contributed by atoms with van der Waals surface area (Å²) in [7, 11) is 2.04. The highest BCUT2D eigenvalue weighted by Gasteiger charge is 2.25. The number of aliphatic imine (C=N–C) groups is 1. The van der Waals surface area contributed by atoms with Crippen LogP contribution >= 0.6 is 0 Å². The van der Waals surface area contributed by atoms with Gasteiger partial charge in [0.25, 0.3) is 0 Å². The highest BCUT2D eigenvalue weighted by molar-refractivity contribution is 6.06. The van der Waals surface area contributed by atoms with Crippen molar-refractivity contribution in [3.05, 3.63) is 90.1 Å². The van der Waals surface area contributed by atoms with E-state index < -0.39 is 0 Å². The Labute approximate surface area is 180 Å². The lowest BCUT2D eigenvalue weighted by Gasteiger charge is -2.18. The van der Waals surface area contributed by atoms with E-state index in [1.54, 1.807) is 4.90 Å². The smallest absolute Gasteiger partial charge is 0.326 e. The van der Waals surface area contributed by atoms with Crippen molar-refractivity contribution < 1.29 is 4.79 Å². The molecule has 2 heterocycles. The van der Waals surface area contributed by atoms with Crippen LogP contribution in [0.3, 0.4) is 0 Å². The summed E-state index contributed by atoms with van der Waals surface area (Å²) >= 11 is 0. The summed E-state index contributed by atoms with van der Waals surface area (Å²) in [5.41, 5.74) is 11.8. The molecule has 0 saturated carbocycles. The van der Waals surface area contributed by atoms with E-state index in [0.717, 1.165) is 28.7 Å². The van der Waals surface area contributed by atoms with Gasteiger partial charge in [0.15, 0.2) is 0 Å². The summed E-state index contributed by atoms with van der Waals surface area (Å²) in [5, 5.41) is 4.14. The molecule has 0 spiro atoms. The number of carbonyl (C=O) groups is 1. The van der Waals surface area contributed by atoms with Crippen LogP contribution in [0.4, 0.5) is 21.9 Å². The molecule has 0 bridgehead atoms. The number of hydrogen-bond acceptors (Lipinski definition) is 2. The van der Waals surface area contributed by atoms with Gasteiger partial charge in [0.05, 0.1) is 5.69 Å². The van der Waals surface area contributed by atoms with E-state index in [2.05, 4.69) is 33.1 Å². The normalized spacial score (nSPS) is 13.5. The number of nitrogens with one attached hydrogen (secondary N) is 1. The van der Waals surface area contributed by atoms with Crippen LogP contribution in [0.1, 0.15) is 11.1 Å².